The number of benzene rings is 1. The van der Waals surface area contributed by atoms with Crippen molar-refractivity contribution in [3.8, 4) is 6.07 Å². The molecule has 0 atom stereocenters. The van der Waals surface area contributed by atoms with E-state index in [1.165, 1.54) is 11.1 Å². The lowest BCUT2D eigenvalue weighted by Crippen LogP contribution is -2.45. The number of nitriles is 1. The van der Waals surface area contributed by atoms with Crippen molar-refractivity contribution in [1.82, 2.24) is 10.2 Å². The summed E-state index contributed by atoms with van der Waals surface area (Å²) in [6.07, 6.45) is 7.96. The van der Waals surface area contributed by atoms with Crippen molar-refractivity contribution >= 4 is 5.91 Å². The maximum Gasteiger partial charge on any atom is 0.252 e. The molecule has 4 heteroatoms. The Balaban J connectivity index is 1.54. The first-order valence-electron chi connectivity index (χ1n) is 10.6. The lowest BCUT2D eigenvalue weighted by molar-refractivity contribution is -0.117. The average Bonchev–Trinajstić information content (AvgIpc) is 2.85. The fourth-order valence-corrected chi connectivity index (χ4v) is 5.21. The lowest BCUT2D eigenvalue weighted by atomic mass is 9.71. The Labute approximate surface area is 173 Å². The van der Waals surface area contributed by atoms with Gasteiger partial charge in [-0.1, -0.05) is 25.6 Å². The van der Waals surface area contributed by atoms with E-state index in [1.54, 1.807) is 0 Å². The molecule has 29 heavy (non-hydrogen) atoms. The van der Waals surface area contributed by atoms with Crippen LogP contribution >= 0.6 is 0 Å². The second kappa shape index (κ2) is 7.55. The molecule has 4 nitrogen and oxygen atoms in total. The van der Waals surface area contributed by atoms with Gasteiger partial charge in [0.1, 0.15) is 5.82 Å². The molecule has 1 aromatic rings. The molecule has 0 aromatic heterocycles. The van der Waals surface area contributed by atoms with Crippen molar-refractivity contribution in [2.45, 2.75) is 57.8 Å². The highest BCUT2D eigenvalue weighted by atomic mass is 16.1. The highest BCUT2D eigenvalue weighted by Crippen LogP contribution is 2.40. The second-order valence-electron chi connectivity index (χ2n) is 8.83. The second-order valence-corrected chi connectivity index (χ2v) is 8.83. The number of rotatable bonds is 2. The average molecular weight is 388 g/mol. The quantitative estimate of drug-likeness (QED) is 0.806. The molecule has 2 heterocycles. The van der Waals surface area contributed by atoms with Gasteiger partial charge in [0, 0.05) is 18.7 Å². The molecule has 0 bridgehead atoms. The SMILES string of the molecule is C=C1C=C(N2CCC(C)(c3c(C)cccc3C#N)CC2)NC(=O)C2=C1CCCC2. The Bertz CT molecular complexity index is 968. The summed E-state index contributed by atoms with van der Waals surface area (Å²) in [7, 11) is 0. The summed E-state index contributed by atoms with van der Waals surface area (Å²) in [4.78, 5) is 15.1. The van der Waals surface area contributed by atoms with E-state index in [9.17, 15) is 10.1 Å². The van der Waals surface area contributed by atoms with Crippen LogP contribution in [0.1, 0.15) is 62.1 Å². The minimum Gasteiger partial charge on any atom is -0.358 e. The van der Waals surface area contributed by atoms with E-state index >= 15 is 0 Å². The summed E-state index contributed by atoms with van der Waals surface area (Å²) in [6, 6.07) is 8.37. The number of carbonyl (C=O) groups excluding carboxylic acids is 1. The molecule has 1 aromatic carbocycles. The summed E-state index contributed by atoms with van der Waals surface area (Å²) >= 11 is 0. The van der Waals surface area contributed by atoms with E-state index in [0.29, 0.717) is 0 Å². The van der Waals surface area contributed by atoms with Crippen LogP contribution in [0, 0.1) is 18.3 Å². The van der Waals surface area contributed by atoms with Gasteiger partial charge in [0.2, 0.25) is 0 Å². The monoisotopic (exact) mass is 387 g/mol. The molecular formula is C25H29N3O. The van der Waals surface area contributed by atoms with Crippen molar-refractivity contribution in [2.75, 3.05) is 13.1 Å². The first-order chi connectivity index (χ1) is 13.9. The van der Waals surface area contributed by atoms with Gasteiger partial charge >= 0.3 is 0 Å². The molecule has 1 amide bonds. The van der Waals surface area contributed by atoms with E-state index in [2.05, 4.69) is 48.9 Å². The number of nitrogens with one attached hydrogen (secondary N) is 1. The number of carbonyl (C=O) groups is 1. The molecule has 1 N–H and O–H groups in total. The standard InChI is InChI=1S/C25H29N3O/c1-17-7-6-8-19(16-26)23(17)25(3)11-13-28(14-12-25)22-15-18(2)20-9-4-5-10-21(20)24(29)27-22/h6-8,15H,2,4-5,9-14H2,1,3H3,(H,27,29). The molecule has 2 aliphatic heterocycles. The third-order valence-corrected chi connectivity index (χ3v) is 6.89. The largest absolute Gasteiger partial charge is 0.358 e. The highest BCUT2D eigenvalue weighted by molar-refractivity contribution is 5.97. The Kier molecular flexibility index (Phi) is 5.08. The Hall–Kier alpha value is -2.80. The van der Waals surface area contributed by atoms with Crippen LogP contribution < -0.4 is 5.32 Å². The van der Waals surface area contributed by atoms with Crippen molar-refractivity contribution in [3.05, 3.63) is 70.1 Å². The summed E-state index contributed by atoms with van der Waals surface area (Å²) in [5.74, 6) is 0.922. The number of likely N-dealkylation sites (tertiary alicyclic amines) is 1. The molecular weight excluding hydrogens is 358 g/mol. The van der Waals surface area contributed by atoms with Gasteiger partial charge in [-0.15, -0.1) is 0 Å². The number of nitrogens with zero attached hydrogens (tertiary/aromatic N) is 2. The van der Waals surface area contributed by atoms with Gasteiger partial charge in [-0.05, 0) is 85.3 Å². The van der Waals surface area contributed by atoms with Gasteiger partial charge < -0.3 is 10.2 Å². The molecule has 0 spiro atoms. The normalized spacial score (nSPS) is 21.7. The third-order valence-electron chi connectivity index (χ3n) is 6.89. The van der Waals surface area contributed by atoms with Gasteiger partial charge in [0.25, 0.3) is 5.91 Å². The van der Waals surface area contributed by atoms with Crippen LogP contribution in [0.2, 0.25) is 0 Å². The van der Waals surface area contributed by atoms with Crippen LogP contribution in [-0.2, 0) is 10.2 Å². The summed E-state index contributed by atoms with van der Waals surface area (Å²) in [5.41, 5.74) is 6.17. The summed E-state index contributed by atoms with van der Waals surface area (Å²) in [6.45, 7) is 10.3. The minimum absolute atomic E-state index is 0.0311. The number of hydrogen-bond donors (Lipinski definition) is 1. The molecule has 1 saturated heterocycles. The fraction of sp³-hybridized carbons (Fsp3) is 0.440. The van der Waals surface area contributed by atoms with E-state index < -0.39 is 0 Å². The van der Waals surface area contributed by atoms with Gasteiger partial charge in [0.15, 0.2) is 0 Å². The van der Waals surface area contributed by atoms with Crippen LogP contribution in [0.25, 0.3) is 0 Å². The van der Waals surface area contributed by atoms with Gasteiger partial charge in [-0.25, -0.2) is 0 Å². The van der Waals surface area contributed by atoms with E-state index in [4.69, 9.17) is 0 Å². The highest BCUT2D eigenvalue weighted by Gasteiger charge is 2.36. The smallest absolute Gasteiger partial charge is 0.252 e. The maximum absolute atomic E-state index is 12.8. The lowest BCUT2D eigenvalue weighted by Gasteiger charge is -2.42. The molecule has 4 rings (SSSR count). The van der Waals surface area contributed by atoms with E-state index in [1.807, 2.05) is 12.1 Å². The molecule has 1 fully saturated rings. The number of piperidine rings is 1. The first-order valence-corrected chi connectivity index (χ1v) is 10.6. The van der Waals surface area contributed by atoms with E-state index in [-0.39, 0.29) is 11.3 Å². The molecule has 0 saturated carbocycles. The Morgan fingerprint density at radius 1 is 1.17 bits per heavy atom. The zero-order chi connectivity index (χ0) is 20.6. The zero-order valence-electron chi connectivity index (χ0n) is 17.5. The Morgan fingerprint density at radius 2 is 1.86 bits per heavy atom. The van der Waals surface area contributed by atoms with Crippen LogP contribution in [-0.4, -0.2) is 23.9 Å². The number of hydrogen-bond acceptors (Lipinski definition) is 3. The van der Waals surface area contributed by atoms with Crippen LogP contribution in [0.4, 0.5) is 0 Å². The van der Waals surface area contributed by atoms with Crippen molar-refractivity contribution < 1.29 is 4.79 Å². The number of amides is 1. The van der Waals surface area contributed by atoms with Crippen LogP contribution in [0.15, 0.2) is 53.4 Å². The molecule has 1 aliphatic carbocycles. The third kappa shape index (κ3) is 3.51. The predicted octanol–water partition coefficient (Wildman–Crippen LogP) is 4.62. The van der Waals surface area contributed by atoms with Crippen LogP contribution in [0.3, 0.4) is 0 Å². The van der Waals surface area contributed by atoms with Crippen LogP contribution in [0.5, 0.6) is 0 Å². The van der Waals surface area contributed by atoms with Crippen molar-refractivity contribution in [3.63, 3.8) is 0 Å². The van der Waals surface area contributed by atoms with Crippen molar-refractivity contribution in [1.29, 1.82) is 5.26 Å². The Morgan fingerprint density at radius 3 is 2.55 bits per heavy atom. The zero-order valence-corrected chi connectivity index (χ0v) is 17.5. The first kappa shape index (κ1) is 19.5. The van der Waals surface area contributed by atoms with Gasteiger partial charge in [-0.3, -0.25) is 4.79 Å². The van der Waals surface area contributed by atoms with Gasteiger partial charge in [-0.2, -0.15) is 5.26 Å². The van der Waals surface area contributed by atoms with Gasteiger partial charge in [0.05, 0.1) is 11.6 Å². The fourth-order valence-electron chi connectivity index (χ4n) is 5.21. The predicted molar refractivity (Wildman–Crippen MR) is 115 cm³/mol. The summed E-state index contributed by atoms with van der Waals surface area (Å²) in [5, 5.41) is 12.8. The minimum atomic E-state index is -0.0311. The molecule has 3 aliphatic rings. The maximum atomic E-state index is 12.8. The summed E-state index contributed by atoms with van der Waals surface area (Å²) < 4.78 is 0. The molecule has 0 unspecified atom stereocenters. The van der Waals surface area contributed by atoms with Crippen molar-refractivity contribution in [2.24, 2.45) is 0 Å². The number of allylic oxidation sites excluding steroid dienone is 3. The number of aryl methyl sites for hydroxylation is 1. The molecule has 150 valence electrons. The molecule has 0 radical (unpaired) electrons. The van der Waals surface area contributed by atoms with E-state index in [0.717, 1.165) is 79.7 Å². The topological polar surface area (TPSA) is 56.1 Å².